The molecule has 6 atom stereocenters. The second-order valence-corrected chi connectivity index (χ2v) is 17.0. The fourth-order valence-corrected chi connectivity index (χ4v) is 10.9. The number of ketones is 1. The Morgan fingerprint density at radius 3 is 2.59 bits per heavy atom. The number of hydrogen-bond acceptors (Lipinski definition) is 10. The summed E-state index contributed by atoms with van der Waals surface area (Å²) in [5, 5.41) is 61.1. The lowest BCUT2D eigenvalue weighted by Gasteiger charge is -2.45. The molecule has 3 aliphatic rings. The van der Waals surface area contributed by atoms with Crippen LogP contribution >= 0.6 is 0 Å². The highest BCUT2D eigenvalue weighted by atomic mass is 16.5. The Bertz CT molecular complexity index is 2640. The number of fused-ring (bicyclic) bond motifs is 3. The Hall–Kier alpha value is -6.46. The van der Waals surface area contributed by atoms with Gasteiger partial charge in [0.2, 0.25) is 5.75 Å². The first-order chi connectivity index (χ1) is 29.6. The van der Waals surface area contributed by atoms with E-state index in [0.717, 1.165) is 57.2 Å². The van der Waals surface area contributed by atoms with Crippen LogP contribution in [0.5, 0.6) is 34.5 Å². The van der Waals surface area contributed by atoms with E-state index in [2.05, 4.69) is 28.5 Å². The SMILES string of the molecule is COc1cc(CCC(O)C2C(=O)CC(c3cc(O)c(O)c(OC)c3)CC3C=Cc4cc(O)cc5ccc(c3c45)Nc3cc(ccn3)C23CCCC3Cc2ccc[nH]2)ccc1O. The quantitative estimate of drug-likeness (QED) is 0.0696. The first kappa shape index (κ1) is 40.0. The van der Waals surface area contributed by atoms with Crippen molar-refractivity contribution in [1.29, 1.82) is 0 Å². The minimum atomic E-state index is -1.07. The minimum Gasteiger partial charge on any atom is -0.508 e. The zero-order valence-electron chi connectivity index (χ0n) is 34.3. The van der Waals surface area contributed by atoms with Gasteiger partial charge in [0.15, 0.2) is 23.0 Å². The lowest BCUT2D eigenvalue weighted by molar-refractivity contribution is -0.132. The second kappa shape index (κ2) is 16.2. The van der Waals surface area contributed by atoms with Crippen LogP contribution in [0.4, 0.5) is 11.5 Å². The maximum atomic E-state index is 15.9. The Labute approximate surface area is 354 Å². The molecule has 1 saturated carbocycles. The number of phenols is 4. The average Bonchev–Trinajstić information content (AvgIpc) is 3.93. The number of hydrogen-bond donors (Lipinski definition) is 7. The van der Waals surface area contributed by atoms with Crippen LogP contribution < -0.4 is 14.8 Å². The number of benzene rings is 4. The highest BCUT2D eigenvalue weighted by Crippen LogP contribution is 2.56. The fourth-order valence-electron chi connectivity index (χ4n) is 10.9. The van der Waals surface area contributed by atoms with E-state index in [1.54, 1.807) is 36.5 Å². The van der Waals surface area contributed by atoms with Crippen LogP contribution in [0.25, 0.3) is 16.8 Å². The molecule has 2 bridgehead atoms. The van der Waals surface area contributed by atoms with Crippen molar-refractivity contribution < 1.29 is 39.8 Å². The van der Waals surface area contributed by atoms with Crippen molar-refractivity contribution in [3.63, 3.8) is 0 Å². The van der Waals surface area contributed by atoms with Gasteiger partial charge < -0.3 is 45.3 Å². The van der Waals surface area contributed by atoms with Crippen LogP contribution in [0.1, 0.15) is 83.9 Å². The molecule has 9 rings (SSSR count). The van der Waals surface area contributed by atoms with Gasteiger partial charge in [0.1, 0.15) is 17.4 Å². The predicted octanol–water partition coefficient (Wildman–Crippen LogP) is 9.29. The molecule has 61 heavy (non-hydrogen) atoms. The van der Waals surface area contributed by atoms with Crippen molar-refractivity contribution >= 4 is 34.1 Å². The number of allylic oxidation sites excluding steroid dienone is 1. The Kier molecular flexibility index (Phi) is 10.6. The monoisotopic (exact) mass is 821 g/mol. The van der Waals surface area contributed by atoms with E-state index >= 15 is 4.79 Å². The third-order valence-corrected chi connectivity index (χ3v) is 13.6. The molecule has 6 aromatic rings. The number of nitrogens with zero attached hydrogens (tertiary/aromatic N) is 1. The van der Waals surface area contributed by atoms with Gasteiger partial charge in [-0.2, -0.15) is 0 Å². The molecule has 0 amide bonds. The molecule has 2 aliphatic carbocycles. The summed E-state index contributed by atoms with van der Waals surface area (Å²) in [5.41, 5.74) is 5.38. The summed E-state index contributed by atoms with van der Waals surface area (Å²) >= 11 is 0. The van der Waals surface area contributed by atoms with Crippen molar-refractivity contribution in [3.8, 4) is 34.5 Å². The number of pyridine rings is 1. The molecule has 7 N–H and O–H groups in total. The first-order valence-corrected chi connectivity index (χ1v) is 21.1. The number of aromatic hydroxyl groups is 4. The fraction of sp³-hybridized carbons (Fsp3) is 0.320. The molecule has 11 nitrogen and oxygen atoms in total. The van der Waals surface area contributed by atoms with Crippen molar-refractivity contribution in [2.75, 3.05) is 19.5 Å². The van der Waals surface area contributed by atoms with Crippen molar-refractivity contribution in [2.45, 2.75) is 74.7 Å². The topological polar surface area (TPSA) is 177 Å². The van der Waals surface area contributed by atoms with Gasteiger partial charge in [0, 0.05) is 41.5 Å². The molecule has 1 spiro atoms. The Morgan fingerprint density at radius 2 is 1.79 bits per heavy atom. The number of aryl methyl sites for hydroxylation is 1. The normalized spacial score (nSPS) is 22.6. The van der Waals surface area contributed by atoms with Crippen LogP contribution in [-0.2, 0) is 23.1 Å². The molecule has 11 heteroatoms. The summed E-state index contributed by atoms with van der Waals surface area (Å²) < 4.78 is 10.9. The van der Waals surface area contributed by atoms with Gasteiger partial charge in [-0.15, -0.1) is 0 Å². The maximum absolute atomic E-state index is 15.9. The maximum Gasteiger partial charge on any atom is 0.200 e. The number of methoxy groups -OCH3 is 2. The predicted molar refractivity (Wildman–Crippen MR) is 234 cm³/mol. The number of ether oxygens (including phenoxy) is 2. The highest BCUT2D eigenvalue weighted by molar-refractivity contribution is 6.00. The largest absolute Gasteiger partial charge is 0.508 e. The number of aliphatic hydroxyl groups is 1. The number of aromatic nitrogens is 2. The number of nitrogens with one attached hydrogen (secondary N) is 2. The van der Waals surface area contributed by atoms with Gasteiger partial charge in [-0.3, -0.25) is 4.79 Å². The highest BCUT2D eigenvalue weighted by Gasteiger charge is 2.55. The summed E-state index contributed by atoms with van der Waals surface area (Å²) in [5.74, 6) is -1.20. The number of anilines is 2. The molecule has 1 aliphatic heterocycles. The Morgan fingerprint density at radius 1 is 0.934 bits per heavy atom. The molecular weight excluding hydrogens is 771 g/mol. The summed E-state index contributed by atoms with van der Waals surface area (Å²) in [4.78, 5) is 24.1. The van der Waals surface area contributed by atoms with Crippen LogP contribution in [0.3, 0.4) is 0 Å². The Balaban J connectivity index is 1.24. The van der Waals surface area contributed by atoms with E-state index in [9.17, 15) is 25.5 Å². The van der Waals surface area contributed by atoms with Crippen LogP contribution in [0.15, 0.2) is 97.3 Å². The smallest absolute Gasteiger partial charge is 0.200 e. The second-order valence-electron chi connectivity index (χ2n) is 17.0. The lowest BCUT2D eigenvalue weighted by atomic mass is 9.58. The first-order valence-electron chi connectivity index (χ1n) is 21.1. The third kappa shape index (κ3) is 7.30. The third-order valence-electron chi connectivity index (χ3n) is 13.6. The number of carbonyl (C=O) groups excluding carboxylic acids is 1. The standard InChI is InChI=1S/C50H51N3O8/c1-60-43-19-28(7-13-39(43)55)8-14-40(56)48-41(57)23-32(33-24-42(58)49(59)44(25-33)61-2)20-29-9-10-30-21-37(54)22-31-11-12-38(47(29)46(30)31)53-45-27-35(15-18-52-45)50(48)16-3-5-34(50)26-36-6-4-17-51-36/h4,6-7,9-13,15,17-19,21-22,24-25,27,29,32,34,40,48,51,54-56,58-59H,3,5,8,14,16,20,23,26H2,1-2H3,(H,52,53). The van der Waals surface area contributed by atoms with Crippen LogP contribution in [0.2, 0.25) is 0 Å². The number of H-pyrrole nitrogens is 1. The molecule has 1 fully saturated rings. The van der Waals surface area contributed by atoms with Crippen LogP contribution in [-0.4, -0.2) is 61.6 Å². The minimum absolute atomic E-state index is 0.0237. The van der Waals surface area contributed by atoms with Crippen molar-refractivity contribution in [1.82, 2.24) is 9.97 Å². The molecule has 4 aromatic carbocycles. The summed E-state index contributed by atoms with van der Waals surface area (Å²) in [6.07, 6.45) is 11.0. The average molecular weight is 822 g/mol. The van der Waals surface area contributed by atoms with Gasteiger partial charge in [0.25, 0.3) is 0 Å². The molecule has 0 radical (unpaired) electrons. The molecular formula is C50H51N3O8. The van der Waals surface area contributed by atoms with Gasteiger partial charge in [-0.25, -0.2) is 4.98 Å². The number of rotatable bonds is 9. The van der Waals surface area contributed by atoms with E-state index in [1.165, 1.54) is 20.3 Å². The van der Waals surface area contributed by atoms with E-state index in [4.69, 9.17) is 14.5 Å². The summed E-state index contributed by atoms with van der Waals surface area (Å²) in [6, 6.07) is 24.0. The van der Waals surface area contributed by atoms with E-state index in [0.29, 0.717) is 42.8 Å². The van der Waals surface area contributed by atoms with Gasteiger partial charge in [-0.05, 0) is 156 Å². The molecule has 6 unspecified atom stereocenters. The van der Waals surface area contributed by atoms with Crippen molar-refractivity contribution in [3.05, 3.63) is 131 Å². The summed E-state index contributed by atoms with van der Waals surface area (Å²) in [7, 11) is 2.92. The number of aromatic amines is 1. The molecule has 3 heterocycles. The number of Topliss-reactive ketones (excluding diaryl/α,β-unsaturated/α-hetero) is 1. The lowest BCUT2D eigenvalue weighted by Crippen LogP contribution is -2.50. The van der Waals surface area contributed by atoms with Crippen LogP contribution in [0, 0.1) is 11.8 Å². The molecule has 2 aromatic heterocycles. The zero-order chi connectivity index (χ0) is 42.4. The summed E-state index contributed by atoms with van der Waals surface area (Å²) in [6.45, 7) is 0. The van der Waals surface area contributed by atoms with Gasteiger partial charge in [-0.1, -0.05) is 30.7 Å². The number of aliphatic hydroxyl groups excluding tert-OH is 1. The van der Waals surface area contributed by atoms with Gasteiger partial charge >= 0.3 is 0 Å². The number of phenolic OH excluding ortho intramolecular Hbond substituents is 4. The van der Waals surface area contributed by atoms with E-state index < -0.39 is 23.4 Å². The van der Waals surface area contributed by atoms with Gasteiger partial charge in [0.05, 0.1) is 26.2 Å². The number of carbonyl (C=O) groups is 1. The van der Waals surface area contributed by atoms with E-state index in [-0.39, 0.29) is 59.2 Å². The van der Waals surface area contributed by atoms with Crippen molar-refractivity contribution in [2.24, 2.45) is 11.8 Å². The molecule has 314 valence electrons. The molecule has 0 saturated heterocycles. The zero-order valence-corrected chi connectivity index (χ0v) is 34.3. The van der Waals surface area contributed by atoms with E-state index in [1.807, 2.05) is 42.6 Å².